The normalized spacial score (nSPS) is 19.2. The molecule has 1 aliphatic carbocycles. The summed E-state index contributed by atoms with van der Waals surface area (Å²) in [6.45, 7) is 1.69. The Kier molecular flexibility index (Phi) is 1.24. The van der Waals surface area contributed by atoms with E-state index < -0.39 is 5.97 Å². The van der Waals surface area contributed by atoms with Crippen molar-refractivity contribution in [1.82, 2.24) is 0 Å². The lowest BCUT2D eigenvalue weighted by Gasteiger charge is -1.98. The molecular formula is C6H9O2. The fourth-order valence-corrected chi connectivity index (χ4v) is 0.691. The molecule has 0 aromatic rings. The van der Waals surface area contributed by atoms with Crippen LogP contribution in [0.25, 0.3) is 0 Å². The van der Waals surface area contributed by atoms with E-state index in [1.807, 2.05) is 0 Å². The minimum atomic E-state index is -0.729. The molecule has 45 valence electrons. The Balaban J connectivity index is 2.32. The maximum absolute atomic E-state index is 10.1. The average Bonchev–Trinajstić information content (AvgIpc) is 2.43. The minimum absolute atomic E-state index is 0.410. The second kappa shape index (κ2) is 1.77. The molecule has 1 fully saturated rings. The van der Waals surface area contributed by atoms with E-state index in [1.165, 1.54) is 0 Å². The summed E-state index contributed by atoms with van der Waals surface area (Å²) < 4.78 is 0. The van der Waals surface area contributed by atoms with Crippen LogP contribution in [0, 0.1) is 11.8 Å². The summed E-state index contributed by atoms with van der Waals surface area (Å²) in [6, 6.07) is 0. The topological polar surface area (TPSA) is 37.3 Å². The Morgan fingerprint density at radius 3 is 2.25 bits per heavy atom. The average molecular weight is 113 g/mol. The number of hydrogen-bond acceptors (Lipinski definition) is 1. The highest BCUT2D eigenvalue weighted by Crippen LogP contribution is 2.37. The molecule has 2 nitrogen and oxygen atoms in total. The molecule has 0 heterocycles. The van der Waals surface area contributed by atoms with Crippen LogP contribution < -0.4 is 0 Å². The maximum Gasteiger partial charge on any atom is 0.310 e. The van der Waals surface area contributed by atoms with E-state index in [2.05, 4.69) is 0 Å². The molecule has 1 rings (SSSR count). The third kappa shape index (κ3) is 0.997. The van der Waals surface area contributed by atoms with E-state index in [0.29, 0.717) is 11.8 Å². The van der Waals surface area contributed by atoms with Crippen LogP contribution in [0.1, 0.15) is 19.8 Å². The predicted molar refractivity (Wildman–Crippen MR) is 29.3 cm³/mol. The van der Waals surface area contributed by atoms with Gasteiger partial charge in [-0.3, -0.25) is 4.79 Å². The molecule has 0 spiro atoms. The van der Waals surface area contributed by atoms with Crippen molar-refractivity contribution in [2.24, 2.45) is 5.92 Å². The first kappa shape index (κ1) is 5.60. The van der Waals surface area contributed by atoms with Crippen molar-refractivity contribution in [2.45, 2.75) is 19.8 Å². The molecule has 2 heteroatoms. The van der Waals surface area contributed by atoms with Crippen molar-refractivity contribution in [3.63, 3.8) is 0 Å². The van der Waals surface area contributed by atoms with Gasteiger partial charge in [0.25, 0.3) is 0 Å². The van der Waals surface area contributed by atoms with Crippen LogP contribution in [0.2, 0.25) is 0 Å². The number of hydrogen-bond donors (Lipinski definition) is 1. The molecule has 8 heavy (non-hydrogen) atoms. The molecule has 1 aliphatic rings. The van der Waals surface area contributed by atoms with Crippen LogP contribution in [0.5, 0.6) is 0 Å². The first-order valence-corrected chi connectivity index (χ1v) is 2.78. The summed E-state index contributed by atoms with van der Waals surface area (Å²) >= 11 is 0. The predicted octanol–water partition coefficient (Wildman–Crippen LogP) is 1.08. The van der Waals surface area contributed by atoms with Gasteiger partial charge in [0.2, 0.25) is 0 Å². The van der Waals surface area contributed by atoms with Crippen molar-refractivity contribution in [2.75, 3.05) is 0 Å². The Bertz CT molecular complexity index is 105. The Morgan fingerprint density at radius 2 is 2.12 bits per heavy atom. The zero-order valence-corrected chi connectivity index (χ0v) is 4.85. The van der Waals surface area contributed by atoms with Crippen molar-refractivity contribution in [3.8, 4) is 0 Å². The molecule has 0 unspecified atom stereocenters. The van der Waals surface area contributed by atoms with E-state index in [1.54, 1.807) is 6.92 Å². The smallest absolute Gasteiger partial charge is 0.310 e. The Morgan fingerprint density at radius 1 is 1.62 bits per heavy atom. The van der Waals surface area contributed by atoms with Gasteiger partial charge in [0.1, 0.15) is 0 Å². The lowest BCUT2D eigenvalue weighted by molar-refractivity contribution is -0.135. The Hall–Kier alpha value is -0.530. The van der Waals surface area contributed by atoms with Crippen LogP contribution in [0.15, 0.2) is 0 Å². The first-order chi connectivity index (χ1) is 3.72. The summed E-state index contributed by atoms with van der Waals surface area (Å²) in [6.07, 6.45) is 2.16. The maximum atomic E-state index is 10.1. The van der Waals surface area contributed by atoms with Gasteiger partial charge in [-0.15, -0.1) is 0 Å². The van der Waals surface area contributed by atoms with Gasteiger partial charge in [-0.2, -0.15) is 0 Å². The van der Waals surface area contributed by atoms with Gasteiger partial charge in [0.15, 0.2) is 0 Å². The lowest BCUT2D eigenvalue weighted by atomic mass is 10.1. The monoisotopic (exact) mass is 113 g/mol. The third-order valence-corrected chi connectivity index (χ3v) is 1.53. The van der Waals surface area contributed by atoms with Crippen molar-refractivity contribution < 1.29 is 9.90 Å². The number of aliphatic carboxylic acids is 1. The fourth-order valence-electron chi connectivity index (χ4n) is 0.691. The van der Waals surface area contributed by atoms with E-state index in [4.69, 9.17) is 5.11 Å². The van der Waals surface area contributed by atoms with Crippen LogP contribution in [0.3, 0.4) is 0 Å². The SMILES string of the molecule is C[C](C(=O)O)C1CC1. The Labute approximate surface area is 48.5 Å². The highest BCUT2D eigenvalue weighted by Gasteiger charge is 2.32. The number of carboxylic acids is 1. The van der Waals surface area contributed by atoms with E-state index >= 15 is 0 Å². The number of rotatable bonds is 2. The zero-order chi connectivity index (χ0) is 6.15. The minimum Gasteiger partial charge on any atom is -0.481 e. The third-order valence-electron chi connectivity index (χ3n) is 1.53. The lowest BCUT2D eigenvalue weighted by Crippen LogP contribution is -2.08. The molecule has 0 aromatic heterocycles. The molecule has 1 N–H and O–H groups in total. The van der Waals surface area contributed by atoms with Gasteiger partial charge in [0, 0.05) is 0 Å². The van der Waals surface area contributed by atoms with Crippen molar-refractivity contribution >= 4 is 5.97 Å². The van der Waals surface area contributed by atoms with Gasteiger partial charge in [-0.05, 0) is 25.7 Å². The van der Waals surface area contributed by atoms with E-state index in [9.17, 15) is 4.79 Å². The molecule has 0 aliphatic heterocycles. The molecule has 0 aromatic carbocycles. The van der Waals surface area contributed by atoms with E-state index in [-0.39, 0.29) is 0 Å². The van der Waals surface area contributed by atoms with Gasteiger partial charge in [-0.1, -0.05) is 0 Å². The van der Waals surface area contributed by atoms with E-state index in [0.717, 1.165) is 12.8 Å². The summed E-state index contributed by atoms with van der Waals surface area (Å²) in [5, 5.41) is 8.36. The molecule has 0 amide bonds. The number of carbonyl (C=O) groups is 1. The molecule has 0 bridgehead atoms. The zero-order valence-electron chi connectivity index (χ0n) is 4.85. The summed E-state index contributed by atoms with van der Waals surface area (Å²) in [5.74, 6) is 0.310. The van der Waals surface area contributed by atoms with Gasteiger partial charge in [0.05, 0.1) is 5.92 Å². The van der Waals surface area contributed by atoms with Gasteiger partial charge >= 0.3 is 5.97 Å². The molecular weight excluding hydrogens is 104 g/mol. The summed E-state index contributed by atoms with van der Waals surface area (Å²) in [4.78, 5) is 10.1. The fraction of sp³-hybridized carbons (Fsp3) is 0.667. The molecule has 0 saturated heterocycles. The van der Waals surface area contributed by atoms with Gasteiger partial charge in [-0.25, -0.2) is 0 Å². The summed E-state index contributed by atoms with van der Waals surface area (Å²) in [7, 11) is 0. The number of carboxylic acid groups (broad SMARTS) is 1. The second-order valence-corrected chi connectivity index (χ2v) is 2.26. The highest BCUT2D eigenvalue weighted by molar-refractivity contribution is 5.83. The largest absolute Gasteiger partial charge is 0.481 e. The second-order valence-electron chi connectivity index (χ2n) is 2.26. The van der Waals surface area contributed by atoms with Crippen LogP contribution in [-0.4, -0.2) is 11.1 Å². The molecule has 1 saturated carbocycles. The first-order valence-electron chi connectivity index (χ1n) is 2.78. The van der Waals surface area contributed by atoms with Crippen LogP contribution in [-0.2, 0) is 4.79 Å². The van der Waals surface area contributed by atoms with Crippen molar-refractivity contribution in [1.29, 1.82) is 0 Å². The van der Waals surface area contributed by atoms with Crippen molar-refractivity contribution in [3.05, 3.63) is 5.92 Å². The van der Waals surface area contributed by atoms with Crippen LogP contribution in [0.4, 0.5) is 0 Å². The molecule has 0 atom stereocenters. The van der Waals surface area contributed by atoms with Gasteiger partial charge < -0.3 is 5.11 Å². The van der Waals surface area contributed by atoms with Crippen LogP contribution >= 0.6 is 0 Å². The quantitative estimate of drug-likeness (QED) is 0.581. The molecule has 1 radical (unpaired) electrons. The standard InChI is InChI=1S/C6H9O2/c1-4(6(7)8)5-2-3-5/h5H,2-3H2,1H3,(H,7,8). The summed E-state index contributed by atoms with van der Waals surface area (Å²) in [5.41, 5.74) is 0. The highest BCUT2D eigenvalue weighted by atomic mass is 16.4.